The van der Waals surface area contributed by atoms with Gasteiger partial charge in [0.15, 0.2) is 0 Å². The second-order valence-electron chi connectivity index (χ2n) is 6.22. The minimum Gasteiger partial charge on any atom is -0.350 e. The van der Waals surface area contributed by atoms with Crippen LogP contribution in [-0.4, -0.2) is 38.9 Å². The number of nitrogens with one attached hydrogen (secondary N) is 3. The van der Waals surface area contributed by atoms with Crippen LogP contribution < -0.4 is 21.1 Å². The first-order valence-electron chi connectivity index (χ1n) is 7.40. The van der Waals surface area contributed by atoms with Gasteiger partial charge >= 0.3 is 0 Å². The minimum absolute atomic E-state index is 0.0263. The molecule has 0 fully saturated rings. The van der Waals surface area contributed by atoms with E-state index in [1.54, 1.807) is 39.0 Å². The number of sulfonamides is 1. The summed E-state index contributed by atoms with van der Waals surface area (Å²) < 4.78 is 27.5. The molecule has 1 aromatic rings. The maximum Gasteiger partial charge on any atom is 0.241 e. The predicted molar refractivity (Wildman–Crippen MR) is 90.4 cm³/mol. The molecule has 0 aliphatic heterocycles. The van der Waals surface area contributed by atoms with E-state index < -0.39 is 27.4 Å². The first kappa shape index (κ1) is 20.1. The number of benzene rings is 1. The van der Waals surface area contributed by atoms with Crippen LogP contribution in [-0.2, 0) is 26.2 Å². The van der Waals surface area contributed by atoms with Crippen molar-refractivity contribution < 1.29 is 18.0 Å². The third-order valence-corrected chi connectivity index (χ3v) is 4.67. The monoisotopic (exact) mass is 356 g/mol. The Balaban J connectivity index is 2.81. The predicted octanol–water partition coefficient (Wildman–Crippen LogP) is -0.545. The zero-order valence-corrected chi connectivity index (χ0v) is 14.9. The number of amides is 2. The Labute approximate surface area is 142 Å². The van der Waals surface area contributed by atoms with Gasteiger partial charge in [-0.3, -0.25) is 9.59 Å². The molecule has 8 nitrogen and oxygen atoms in total. The van der Waals surface area contributed by atoms with Crippen molar-refractivity contribution in [2.75, 3.05) is 13.1 Å². The number of hydrogen-bond acceptors (Lipinski definition) is 5. The summed E-state index contributed by atoms with van der Waals surface area (Å²) in [6.07, 6.45) is 0. The highest BCUT2D eigenvalue weighted by Crippen LogP contribution is 2.17. The van der Waals surface area contributed by atoms with Gasteiger partial charge in [0, 0.05) is 12.1 Å². The van der Waals surface area contributed by atoms with Crippen molar-refractivity contribution in [3.63, 3.8) is 0 Å². The average Bonchev–Trinajstić information content (AvgIpc) is 2.48. The van der Waals surface area contributed by atoms with Crippen molar-refractivity contribution in [3.05, 3.63) is 29.8 Å². The minimum atomic E-state index is -3.71. The average molecular weight is 356 g/mol. The Kier molecular flexibility index (Phi) is 6.88. The number of carbonyl (C=O) groups is 2. The zero-order valence-electron chi connectivity index (χ0n) is 14.0. The van der Waals surface area contributed by atoms with Crippen LogP contribution >= 0.6 is 0 Å². The van der Waals surface area contributed by atoms with Crippen LogP contribution in [0, 0.1) is 0 Å². The molecule has 9 heteroatoms. The van der Waals surface area contributed by atoms with Crippen LogP contribution in [0.15, 0.2) is 29.2 Å². The summed E-state index contributed by atoms with van der Waals surface area (Å²) in [5.74, 6) is -0.879. The van der Waals surface area contributed by atoms with Gasteiger partial charge in [-0.15, -0.1) is 0 Å². The summed E-state index contributed by atoms with van der Waals surface area (Å²) in [6.45, 7) is 4.84. The van der Waals surface area contributed by atoms with Crippen molar-refractivity contribution >= 4 is 21.8 Å². The molecule has 1 aromatic carbocycles. The Hall–Kier alpha value is -1.97. The van der Waals surface area contributed by atoms with Gasteiger partial charge in [0.2, 0.25) is 21.8 Å². The molecule has 24 heavy (non-hydrogen) atoms. The molecule has 5 N–H and O–H groups in total. The maximum atomic E-state index is 12.5. The Morgan fingerprint density at radius 1 is 1.08 bits per heavy atom. The van der Waals surface area contributed by atoms with Gasteiger partial charge < -0.3 is 16.4 Å². The lowest BCUT2D eigenvalue weighted by molar-refractivity contribution is -0.125. The number of rotatable bonds is 7. The lowest BCUT2D eigenvalue weighted by Gasteiger charge is -2.21. The van der Waals surface area contributed by atoms with E-state index in [1.165, 1.54) is 6.07 Å². The quantitative estimate of drug-likeness (QED) is 0.521. The van der Waals surface area contributed by atoms with Gasteiger partial charge in [-0.05, 0) is 32.4 Å². The highest BCUT2D eigenvalue weighted by molar-refractivity contribution is 7.89. The Bertz CT molecular complexity index is 696. The van der Waals surface area contributed by atoms with E-state index in [0.717, 1.165) is 0 Å². The summed E-state index contributed by atoms with van der Waals surface area (Å²) in [4.78, 5) is 22.8. The summed E-state index contributed by atoms with van der Waals surface area (Å²) >= 11 is 0. The van der Waals surface area contributed by atoms with Crippen LogP contribution in [0.1, 0.15) is 26.3 Å². The highest BCUT2D eigenvalue weighted by atomic mass is 32.2. The molecule has 0 bridgehead atoms. The van der Waals surface area contributed by atoms with E-state index in [9.17, 15) is 18.0 Å². The molecule has 0 atom stereocenters. The van der Waals surface area contributed by atoms with Gasteiger partial charge in [-0.1, -0.05) is 18.2 Å². The van der Waals surface area contributed by atoms with Crippen LogP contribution in [0.2, 0.25) is 0 Å². The summed E-state index contributed by atoms with van der Waals surface area (Å²) in [6, 6.07) is 6.40. The Morgan fingerprint density at radius 2 is 1.71 bits per heavy atom. The van der Waals surface area contributed by atoms with Gasteiger partial charge in [-0.25, -0.2) is 13.1 Å². The molecular formula is C15H24N4O4S. The van der Waals surface area contributed by atoms with E-state index in [-0.39, 0.29) is 24.5 Å². The molecule has 0 radical (unpaired) electrons. The molecule has 0 aliphatic rings. The normalized spacial score (nSPS) is 11.8. The molecule has 0 aromatic heterocycles. The number of carbonyl (C=O) groups excluding carboxylic acids is 2. The lowest BCUT2D eigenvalue weighted by Crippen LogP contribution is -2.41. The fraction of sp³-hybridized carbons (Fsp3) is 0.467. The van der Waals surface area contributed by atoms with E-state index in [1.807, 2.05) is 0 Å². The van der Waals surface area contributed by atoms with E-state index in [4.69, 9.17) is 5.73 Å². The second-order valence-corrected chi connectivity index (χ2v) is 7.87. The molecule has 0 unspecified atom stereocenters. The van der Waals surface area contributed by atoms with Crippen LogP contribution in [0.3, 0.4) is 0 Å². The van der Waals surface area contributed by atoms with Crippen molar-refractivity contribution in [1.82, 2.24) is 15.4 Å². The van der Waals surface area contributed by atoms with E-state index in [2.05, 4.69) is 15.4 Å². The molecule has 1 rings (SSSR count). The Morgan fingerprint density at radius 3 is 2.29 bits per heavy atom. The third kappa shape index (κ3) is 6.65. The van der Waals surface area contributed by atoms with Crippen molar-refractivity contribution in [3.8, 4) is 0 Å². The molecule has 134 valence electrons. The second kappa shape index (κ2) is 8.22. The van der Waals surface area contributed by atoms with Crippen molar-refractivity contribution in [2.24, 2.45) is 5.73 Å². The number of nitrogens with two attached hydrogens (primary N) is 1. The molecule has 2 amide bonds. The van der Waals surface area contributed by atoms with Crippen LogP contribution in [0.25, 0.3) is 0 Å². The van der Waals surface area contributed by atoms with Gasteiger partial charge in [0.05, 0.1) is 18.0 Å². The molecular weight excluding hydrogens is 332 g/mol. The molecule has 0 saturated carbocycles. The van der Waals surface area contributed by atoms with Gasteiger partial charge in [-0.2, -0.15) is 0 Å². The summed E-state index contributed by atoms with van der Waals surface area (Å²) in [5.41, 5.74) is 4.95. The summed E-state index contributed by atoms with van der Waals surface area (Å²) in [7, 11) is -3.71. The van der Waals surface area contributed by atoms with Crippen molar-refractivity contribution in [1.29, 1.82) is 0 Å². The van der Waals surface area contributed by atoms with Gasteiger partial charge in [0.1, 0.15) is 0 Å². The molecule has 0 aliphatic carbocycles. The largest absolute Gasteiger partial charge is 0.350 e. The lowest BCUT2D eigenvalue weighted by atomic mass is 10.1. The third-order valence-electron chi connectivity index (χ3n) is 2.81. The van der Waals surface area contributed by atoms with Gasteiger partial charge in [0.25, 0.3) is 0 Å². The highest BCUT2D eigenvalue weighted by Gasteiger charge is 2.24. The fourth-order valence-corrected chi connectivity index (χ4v) is 3.54. The maximum absolute atomic E-state index is 12.5. The standard InChI is InChI=1S/C15H24N4O4S/c1-15(2,3)19-24(22,23)12-7-5-4-6-11(12)9-17-14(21)10-18-13(20)8-16/h4-7,19H,8-10,16H2,1-3H3,(H,17,21)(H,18,20). The molecule has 0 heterocycles. The fourth-order valence-electron chi connectivity index (χ4n) is 1.88. The van der Waals surface area contributed by atoms with E-state index in [0.29, 0.717) is 5.56 Å². The smallest absolute Gasteiger partial charge is 0.241 e. The number of hydrogen-bond donors (Lipinski definition) is 4. The van der Waals surface area contributed by atoms with Crippen molar-refractivity contribution in [2.45, 2.75) is 37.8 Å². The topological polar surface area (TPSA) is 130 Å². The molecule has 0 saturated heterocycles. The summed E-state index contributed by atoms with van der Waals surface area (Å²) in [5, 5.41) is 4.90. The first-order chi connectivity index (χ1) is 11.0. The molecule has 0 spiro atoms. The van der Waals surface area contributed by atoms with Crippen LogP contribution in [0.5, 0.6) is 0 Å². The van der Waals surface area contributed by atoms with E-state index >= 15 is 0 Å². The zero-order chi connectivity index (χ0) is 18.4. The first-order valence-corrected chi connectivity index (χ1v) is 8.89. The SMILES string of the molecule is CC(C)(C)NS(=O)(=O)c1ccccc1CNC(=O)CNC(=O)CN. The van der Waals surface area contributed by atoms with Crippen LogP contribution in [0.4, 0.5) is 0 Å².